The van der Waals surface area contributed by atoms with E-state index in [9.17, 15) is 0 Å². The Morgan fingerprint density at radius 3 is 2.29 bits per heavy atom. The van der Waals surface area contributed by atoms with E-state index in [0.29, 0.717) is 6.04 Å². The number of nitrogens with zero attached hydrogens (tertiary/aromatic N) is 3. The number of hydrogen-bond donors (Lipinski definition) is 1. The zero-order chi connectivity index (χ0) is 24.0. The van der Waals surface area contributed by atoms with Crippen molar-refractivity contribution in [3.8, 4) is 22.5 Å². The van der Waals surface area contributed by atoms with E-state index in [2.05, 4.69) is 103 Å². The van der Waals surface area contributed by atoms with Crippen molar-refractivity contribution in [2.45, 2.75) is 45.1 Å². The lowest BCUT2D eigenvalue weighted by Gasteiger charge is -2.26. The zero-order valence-electron chi connectivity index (χ0n) is 20.8. The highest BCUT2D eigenvalue weighted by molar-refractivity contribution is 5.95. The first-order chi connectivity index (χ1) is 17.0. The second kappa shape index (κ2) is 8.62. The van der Waals surface area contributed by atoms with Crippen LogP contribution in [0.25, 0.3) is 44.5 Å². The van der Waals surface area contributed by atoms with Gasteiger partial charge in [-0.25, -0.2) is 9.97 Å². The minimum absolute atomic E-state index is 0.124. The van der Waals surface area contributed by atoms with Gasteiger partial charge in [-0.15, -0.1) is 0 Å². The Labute approximate surface area is 207 Å². The fraction of sp³-hybridized carbons (Fsp3) is 0.290. The van der Waals surface area contributed by atoms with Crippen LogP contribution in [-0.2, 0) is 5.41 Å². The highest BCUT2D eigenvalue weighted by atomic mass is 15.2. The third kappa shape index (κ3) is 4.02. The lowest BCUT2D eigenvalue weighted by Crippen LogP contribution is -2.29. The molecule has 0 unspecified atom stereocenters. The topological polar surface area (TPSA) is 42.7 Å². The number of nitrogens with one attached hydrogen (secondary N) is 1. The maximum absolute atomic E-state index is 5.29. The molecule has 1 aliphatic heterocycles. The number of hydrogen-bond acceptors (Lipinski definition) is 3. The fourth-order valence-electron chi connectivity index (χ4n) is 5.31. The Hall–Kier alpha value is -3.50. The molecular formula is C31H32N4. The van der Waals surface area contributed by atoms with Gasteiger partial charge in [0.1, 0.15) is 11.3 Å². The van der Waals surface area contributed by atoms with E-state index < -0.39 is 0 Å². The van der Waals surface area contributed by atoms with Crippen LogP contribution < -0.4 is 5.32 Å². The molecule has 1 saturated heterocycles. The van der Waals surface area contributed by atoms with Crippen LogP contribution in [0.2, 0.25) is 0 Å². The molecule has 0 amide bonds. The monoisotopic (exact) mass is 460 g/mol. The van der Waals surface area contributed by atoms with Crippen molar-refractivity contribution in [1.29, 1.82) is 0 Å². The molecule has 0 aliphatic carbocycles. The van der Waals surface area contributed by atoms with Crippen LogP contribution in [0.5, 0.6) is 0 Å². The number of imidazole rings is 1. The highest BCUT2D eigenvalue weighted by Crippen LogP contribution is 2.36. The summed E-state index contributed by atoms with van der Waals surface area (Å²) in [6.07, 6.45) is 4.11. The highest BCUT2D eigenvalue weighted by Gasteiger charge is 2.25. The predicted molar refractivity (Wildman–Crippen MR) is 146 cm³/mol. The predicted octanol–water partition coefficient (Wildman–Crippen LogP) is 7.14. The van der Waals surface area contributed by atoms with Crippen LogP contribution in [0.1, 0.15) is 45.2 Å². The van der Waals surface area contributed by atoms with Crippen molar-refractivity contribution < 1.29 is 0 Å². The van der Waals surface area contributed by atoms with Crippen molar-refractivity contribution in [3.05, 3.63) is 84.6 Å². The normalized spacial score (nSPS) is 15.2. The van der Waals surface area contributed by atoms with E-state index in [4.69, 9.17) is 9.97 Å². The van der Waals surface area contributed by atoms with Gasteiger partial charge in [0.2, 0.25) is 0 Å². The molecule has 1 fully saturated rings. The third-order valence-electron chi connectivity index (χ3n) is 7.32. The standard InChI is InChI=1S/C31H32N4/c1-31(2,3)25-12-10-22(11-13-25)29-34-28-27(24-9-8-21-6-4-5-7-23(21)20-24)16-19-33-30(28)35(29)26-14-17-32-18-15-26/h4-13,16,19-20,26,32H,14-15,17-18H2,1-3H3. The molecule has 3 heterocycles. The van der Waals surface area contributed by atoms with Crippen LogP contribution in [0.3, 0.4) is 0 Å². The Bertz CT molecular complexity index is 1500. The van der Waals surface area contributed by atoms with Gasteiger partial charge in [0.05, 0.1) is 0 Å². The van der Waals surface area contributed by atoms with Gasteiger partial charge >= 0.3 is 0 Å². The van der Waals surface area contributed by atoms with Crippen LogP contribution in [-0.4, -0.2) is 27.6 Å². The van der Waals surface area contributed by atoms with Crippen molar-refractivity contribution in [3.63, 3.8) is 0 Å². The van der Waals surface area contributed by atoms with Gasteiger partial charge in [0.25, 0.3) is 0 Å². The average molecular weight is 461 g/mol. The molecule has 0 spiro atoms. The number of fused-ring (bicyclic) bond motifs is 2. The van der Waals surface area contributed by atoms with Crippen molar-refractivity contribution in [1.82, 2.24) is 19.9 Å². The quantitative estimate of drug-likeness (QED) is 0.311. The van der Waals surface area contributed by atoms with Crippen LogP contribution in [0, 0.1) is 0 Å². The molecule has 35 heavy (non-hydrogen) atoms. The second-order valence-electron chi connectivity index (χ2n) is 10.7. The van der Waals surface area contributed by atoms with Crippen LogP contribution >= 0.6 is 0 Å². The zero-order valence-corrected chi connectivity index (χ0v) is 20.8. The summed E-state index contributed by atoms with van der Waals surface area (Å²) in [6.45, 7) is 8.82. The summed E-state index contributed by atoms with van der Waals surface area (Å²) >= 11 is 0. The molecule has 0 saturated carbocycles. The average Bonchev–Trinajstić information content (AvgIpc) is 3.28. The minimum atomic E-state index is 0.124. The molecule has 4 nitrogen and oxygen atoms in total. The maximum atomic E-state index is 5.29. The van der Waals surface area contributed by atoms with Crippen molar-refractivity contribution in [2.24, 2.45) is 0 Å². The van der Waals surface area contributed by atoms with E-state index >= 15 is 0 Å². The number of benzene rings is 3. The lowest BCUT2D eigenvalue weighted by atomic mass is 9.86. The number of pyridine rings is 1. The Morgan fingerprint density at radius 2 is 1.54 bits per heavy atom. The molecule has 0 radical (unpaired) electrons. The molecule has 0 atom stereocenters. The van der Waals surface area contributed by atoms with Gasteiger partial charge in [0.15, 0.2) is 5.65 Å². The first-order valence-electron chi connectivity index (χ1n) is 12.7. The molecule has 1 N–H and O–H groups in total. The molecule has 3 aromatic carbocycles. The van der Waals surface area contributed by atoms with Crippen molar-refractivity contribution in [2.75, 3.05) is 13.1 Å². The van der Waals surface area contributed by atoms with E-state index in [1.54, 1.807) is 0 Å². The first-order valence-corrected chi connectivity index (χ1v) is 12.7. The van der Waals surface area contributed by atoms with Gasteiger partial charge in [-0.3, -0.25) is 0 Å². The van der Waals surface area contributed by atoms with Crippen LogP contribution in [0.4, 0.5) is 0 Å². The minimum Gasteiger partial charge on any atom is -0.317 e. The molecule has 176 valence electrons. The number of aromatic nitrogens is 3. The molecule has 6 rings (SSSR count). The summed E-state index contributed by atoms with van der Waals surface area (Å²) in [4.78, 5) is 10.2. The number of rotatable bonds is 3. The van der Waals surface area contributed by atoms with Crippen LogP contribution in [0.15, 0.2) is 79.0 Å². The molecular weight excluding hydrogens is 428 g/mol. The Kier molecular flexibility index (Phi) is 5.42. The summed E-state index contributed by atoms with van der Waals surface area (Å²) in [5.74, 6) is 1.02. The summed E-state index contributed by atoms with van der Waals surface area (Å²) in [7, 11) is 0. The van der Waals surface area contributed by atoms with Gasteiger partial charge in [-0.05, 0) is 65.4 Å². The van der Waals surface area contributed by atoms with E-state index in [0.717, 1.165) is 54.0 Å². The van der Waals surface area contributed by atoms with Gasteiger partial charge in [0, 0.05) is 23.4 Å². The second-order valence-corrected chi connectivity index (χ2v) is 10.7. The molecule has 0 bridgehead atoms. The third-order valence-corrected chi connectivity index (χ3v) is 7.32. The summed E-state index contributed by atoms with van der Waals surface area (Å²) in [5, 5.41) is 6.00. The lowest BCUT2D eigenvalue weighted by molar-refractivity contribution is 0.376. The summed E-state index contributed by atoms with van der Waals surface area (Å²) in [5.41, 5.74) is 6.90. The fourth-order valence-corrected chi connectivity index (χ4v) is 5.31. The molecule has 5 aromatic rings. The Balaban J connectivity index is 1.55. The molecule has 4 heteroatoms. The Morgan fingerprint density at radius 1 is 0.829 bits per heavy atom. The van der Waals surface area contributed by atoms with E-state index in [-0.39, 0.29) is 5.41 Å². The van der Waals surface area contributed by atoms with Gasteiger partial charge < -0.3 is 9.88 Å². The molecule has 1 aliphatic rings. The van der Waals surface area contributed by atoms with Gasteiger partial charge in [-0.2, -0.15) is 0 Å². The summed E-state index contributed by atoms with van der Waals surface area (Å²) < 4.78 is 2.41. The SMILES string of the molecule is CC(C)(C)c1ccc(-c2nc3c(-c4ccc5ccccc5c4)ccnc3n2C2CCNCC2)cc1. The van der Waals surface area contributed by atoms with Crippen molar-refractivity contribution >= 4 is 21.9 Å². The summed E-state index contributed by atoms with van der Waals surface area (Å²) in [6, 6.07) is 26.7. The van der Waals surface area contributed by atoms with E-state index in [1.165, 1.54) is 21.9 Å². The number of piperidine rings is 1. The largest absolute Gasteiger partial charge is 0.317 e. The van der Waals surface area contributed by atoms with Gasteiger partial charge in [-0.1, -0.05) is 81.4 Å². The van der Waals surface area contributed by atoms with E-state index in [1.807, 2.05) is 6.20 Å². The maximum Gasteiger partial charge on any atom is 0.161 e. The molecule has 2 aromatic heterocycles. The smallest absolute Gasteiger partial charge is 0.161 e. The first kappa shape index (κ1) is 22.0.